The highest BCUT2D eigenvalue weighted by Gasteiger charge is 2.14. The topological polar surface area (TPSA) is 103 Å². The number of carbonyl (C=O) groups excluding carboxylic acids is 1. The van der Waals surface area contributed by atoms with Gasteiger partial charge in [-0.25, -0.2) is 22.9 Å². The molecule has 8 nitrogen and oxygen atoms in total. The number of benzene rings is 1. The van der Waals surface area contributed by atoms with Gasteiger partial charge < -0.3 is 13.6 Å². The second kappa shape index (κ2) is 9.21. The molecule has 32 heavy (non-hydrogen) atoms. The quantitative estimate of drug-likeness (QED) is 0.325. The summed E-state index contributed by atoms with van der Waals surface area (Å²) in [6.45, 7) is 2.11. The minimum Gasteiger partial charge on any atom is -0.468 e. The van der Waals surface area contributed by atoms with Gasteiger partial charge in [0, 0.05) is 18.5 Å². The number of rotatable bonds is 8. The zero-order chi connectivity index (χ0) is 22.6. The number of imidazole rings is 1. The van der Waals surface area contributed by atoms with Crippen LogP contribution in [0.2, 0.25) is 0 Å². The van der Waals surface area contributed by atoms with E-state index in [1.54, 1.807) is 30.3 Å². The fourth-order valence-corrected chi connectivity index (χ4v) is 4.00. The number of esters is 1. The molecule has 0 aliphatic carbocycles. The van der Waals surface area contributed by atoms with Crippen molar-refractivity contribution < 1.29 is 22.4 Å². The zero-order valence-electron chi connectivity index (χ0n) is 17.3. The molecule has 0 fully saturated rings. The number of aryl methyl sites for hydroxylation is 1. The van der Waals surface area contributed by atoms with E-state index in [4.69, 9.17) is 9.15 Å². The van der Waals surface area contributed by atoms with Crippen LogP contribution in [0.5, 0.6) is 0 Å². The Morgan fingerprint density at radius 1 is 1.16 bits per heavy atom. The minimum absolute atomic E-state index is 0.0580. The highest BCUT2D eigenvalue weighted by atomic mass is 32.2. The molecule has 3 aromatic heterocycles. The van der Waals surface area contributed by atoms with Gasteiger partial charge in [0.1, 0.15) is 18.0 Å². The summed E-state index contributed by atoms with van der Waals surface area (Å²) < 4.78 is 39.4. The summed E-state index contributed by atoms with van der Waals surface area (Å²) >= 11 is 0. The first kappa shape index (κ1) is 21.5. The summed E-state index contributed by atoms with van der Waals surface area (Å²) in [6.07, 6.45) is 8.09. The van der Waals surface area contributed by atoms with Gasteiger partial charge in [-0.1, -0.05) is 18.2 Å². The van der Waals surface area contributed by atoms with Crippen molar-refractivity contribution in [2.45, 2.75) is 25.0 Å². The molecule has 4 rings (SSSR count). The number of pyridine rings is 1. The van der Waals surface area contributed by atoms with Gasteiger partial charge in [0.05, 0.1) is 23.4 Å². The molecule has 1 aromatic carbocycles. The largest absolute Gasteiger partial charge is 0.468 e. The van der Waals surface area contributed by atoms with Gasteiger partial charge in [-0.15, -0.1) is 0 Å². The molecule has 0 saturated carbocycles. The van der Waals surface area contributed by atoms with Gasteiger partial charge in [-0.3, -0.25) is 0 Å². The molecule has 0 unspecified atom stereocenters. The fraction of sp³-hybridized carbons (Fsp3) is 0.130. The molecule has 9 heteroatoms. The van der Waals surface area contributed by atoms with E-state index in [2.05, 4.69) is 9.71 Å². The summed E-state index contributed by atoms with van der Waals surface area (Å²) in [4.78, 5) is 16.5. The monoisotopic (exact) mass is 451 g/mol. The minimum atomic E-state index is -3.67. The molecule has 0 aliphatic rings. The van der Waals surface area contributed by atoms with Crippen LogP contribution in [0.4, 0.5) is 0 Å². The highest BCUT2D eigenvalue weighted by Crippen LogP contribution is 2.13. The molecule has 1 N–H and O–H groups in total. The first-order valence-corrected chi connectivity index (χ1v) is 11.3. The number of hydrogen-bond donors (Lipinski definition) is 1. The van der Waals surface area contributed by atoms with Crippen LogP contribution in [0.15, 0.2) is 82.6 Å². The number of sulfonamides is 1. The lowest BCUT2D eigenvalue weighted by atomic mass is 10.2. The molecule has 0 bridgehead atoms. The van der Waals surface area contributed by atoms with Crippen LogP contribution in [-0.2, 0) is 32.7 Å². The summed E-state index contributed by atoms with van der Waals surface area (Å²) in [6, 6.07) is 13.4. The smallest absolute Gasteiger partial charge is 0.331 e. The van der Waals surface area contributed by atoms with Crippen LogP contribution >= 0.6 is 0 Å². The number of hydrogen-bond acceptors (Lipinski definition) is 6. The number of aromatic nitrogens is 2. The Hall–Kier alpha value is -3.69. The van der Waals surface area contributed by atoms with Crippen LogP contribution in [0.3, 0.4) is 0 Å². The summed E-state index contributed by atoms with van der Waals surface area (Å²) in [5.41, 5.74) is 3.20. The molecule has 0 atom stereocenters. The maximum atomic E-state index is 12.4. The van der Waals surface area contributed by atoms with Crippen molar-refractivity contribution in [3.63, 3.8) is 0 Å². The zero-order valence-corrected chi connectivity index (χ0v) is 18.1. The van der Waals surface area contributed by atoms with E-state index in [0.717, 1.165) is 11.2 Å². The van der Waals surface area contributed by atoms with E-state index in [-0.39, 0.29) is 18.0 Å². The van der Waals surface area contributed by atoms with Crippen molar-refractivity contribution in [2.75, 3.05) is 0 Å². The molecule has 3 heterocycles. The Kier molecular flexibility index (Phi) is 6.20. The van der Waals surface area contributed by atoms with Crippen LogP contribution in [0, 0.1) is 6.92 Å². The van der Waals surface area contributed by atoms with E-state index < -0.39 is 16.0 Å². The Morgan fingerprint density at radius 2 is 1.97 bits per heavy atom. The van der Waals surface area contributed by atoms with Gasteiger partial charge in [0.15, 0.2) is 0 Å². The lowest BCUT2D eigenvalue weighted by Gasteiger charge is -2.05. The molecule has 0 saturated heterocycles. The fourth-order valence-electron chi connectivity index (χ4n) is 3.00. The SMILES string of the molecule is Cc1ccc2nc(COC(=O)C=Cc3ccc(S(=O)(=O)NCc4ccco4)cc3)cn2c1. The molecule has 164 valence electrons. The molecular formula is C23H21N3O5S. The van der Waals surface area contributed by atoms with Crippen LogP contribution in [0.25, 0.3) is 11.7 Å². The van der Waals surface area contributed by atoms with E-state index in [0.29, 0.717) is 17.0 Å². The maximum Gasteiger partial charge on any atom is 0.331 e. The van der Waals surface area contributed by atoms with Crippen molar-refractivity contribution >= 4 is 27.7 Å². The summed E-state index contributed by atoms with van der Waals surface area (Å²) in [7, 11) is -3.67. The average Bonchev–Trinajstić information content (AvgIpc) is 3.44. The van der Waals surface area contributed by atoms with Crippen LogP contribution < -0.4 is 4.72 Å². The van der Waals surface area contributed by atoms with Crippen molar-refractivity contribution in [1.82, 2.24) is 14.1 Å². The standard InChI is InChI=1S/C23H21N3O5S/c1-17-4-10-22-25-19(15-26(22)14-17)16-31-23(27)11-7-18-5-8-21(9-6-18)32(28,29)24-13-20-3-2-12-30-20/h2-12,14-15,24H,13,16H2,1H3. The molecule has 0 spiro atoms. The predicted octanol–water partition coefficient (Wildman–Crippen LogP) is 3.47. The third-order valence-corrected chi connectivity index (χ3v) is 6.05. The summed E-state index contributed by atoms with van der Waals surface area (Å²) in [5.74, 6) is 0.000412. The van der Waals surface area contributed by atoms with Gasteiger partial charge in [0.2, 0.25) is 10.0 Å². The first-order valence-electron chi connectivity index (χ1n) is 9.80. The normalized spacial score (nSPS) is 11.9. The molecule has 0 aliphatic heterocycles. The van der Waals surface area contributed by atoms with Crippen molar-refractivity contribution in [1.29, 1.82) is 0 Å². The van der Waals surface area contributed by atoms with Gasteiger partial charge in [-0.2, -0.15) is 0 Å². The number of nitrogens with one attached hydrogen (secondary N) is 1. The van der Waals surface area contributed by atoms with Gasteiger partial charge >= 0.3 is 5.97 Å². The number of nitrogens with zero attached hydrogens (tertiary/aromatic N) is 2. The second-order valence-electron chi connectivity index (χ2n) is 7.12. The first-order chi connectivity index (χ1) is 15.4. The third-order valence-electron chi connectivity index (χ3n) is 4.63. The van der Waals surface area contributed by atoms with Crippen molar-refractivity contribution in [3.05, 3.63) is 95.8 Å². The third kappa shape index (κ3) is 5.32. The number of carbonyl (C=O) groups is 1. The van der Waals surface area contributed by atoms with Crippen molar-refractivity contribution in [3.8, 4) is 0 Å². The maximum absolute atomic E-state index is 12.4. The van der Waals surface area contributed by atoms with Crippen molar-refractivity contribution in [2.24, 2.45) is 0 Å². The van der Waals surface area contributed by atoms with E-state index >= 15 is 0 Å². The lowest BCUT2D eigenvalue weighted by Crippen LogP contribution is -2.22. The Labute approximate surface area is 185 Å². The average molecular weight is 452 g/mol. The van der Waals surface area contributed by atoms with E-state index in [1.807, 2.05) is 35.9 Å². The Morgan fingerprint density at radius 3 is 2.72 bits per heavy atom. The number of ether oxygens (including phenoxy) is 1. The van der Waals surface area contributed by atoms with E-state index in [9.17, 15) is 13.2 Å². The lowest BCUT2D eigenvalue weighted by molar-refractivity contribution is -0.139. The second-order valence-corrected chi connectivity index (χ2v) is 8.89. The molecular weight excluding hydrogens is 430 g/mol. The summed E-state index contributed by atoms with van der Waals surface area (Å²) in [5, 5.41) is 0. The van der Waals surface area contributed by atoms with Crippen LogP contribution in [-0.4, -0.2) is 23.8 Å². The number of fused-ring (bicyclic) bond motifs is 1. The molecule has 4 aromatic rings. The highest BCUT2D eigenvalue weighted by molar-refractivity contribution is 7.89. The Balaban J connectivity index is 1.31. The Bertz CT molecular complexity index is 1350. The number of furan rings is 1. The molecule has 0 amide bonds. The van der Waals surface area contributed by atoms with Gasteiger partial charge in [-0.05, 0) is 54.5 Å². The predicted molar refractivity (Wildman–Crippen MR) is 118 cm³/mol. The van der Waals surface area contributed by atoms with Gasteiger partial charge in [0.25, 0.3) is 0 Å². The molecule has 0 radical (unpaired) electrons. The van der Waals surface area contributed by atoms with E-state index in [1.165, 1.54) is 24.5 Å². The van der Waals surface area contributed by atoms with Crippen LogP contribution in [0.1, 0.15) is 22.6 Å².